The van der Waals surface area contributed by atoms with E-state index in [0.29, 0.717) is 17.0 Å². The molecule has 3 rings (SSSR count). The molecule has 1 aromatic heterocycles. The van der Waals surface area contributed by atoms with Gasteiger partial charge in [0.25, 0.3) is 11.8 Å². The molecule has 1 aliphatic heterocycles. The Morgan fingerprint density at radius 1 is 1.17 bits per heavy atom. The van der Waals surface area contributed by atoms with Crippen molar-refractivity contribution in [1.82, 2.24) is 10.0 Å². The predicted octanol–water partition coefficient (Wildman–Crippen LogP) is 1.40. The fourth-order valence-corrected chi connectivity index (χ4v) is 1.73. The fraction of sp³-hybridized carbons (Fsp3) is 0.0833. The number of hydrogen-bond acceptors (Lipinski definition) is 5. The van der Waals surface area contributed by atoms with Crippen LogP contribution in [0.3, 0.4) is 0 Å². The van der Waals surface area contributed by atoms with Gasteiger partial charge < -0.3 is 4.42 Å². The van der Waals surface area contributed by atoms with Gasteiger partial charge in [-0.25, -0.2) is 4.98 Å². The normalized spacial score (nSPS) is 14.1. The molecule has 0 N–H and O–H groups in total. The van der Waals surface area contributed by atoms with E-state index in [4.69, 9.17) is 9.25 Å². The number of nitrogens with zero attached hydrogens (tertiary/aromatic N) is 2. The van der Waals surface area contributed by atoms with Gasteiger partial charge >= 0.3 is 0 Å². The average Bonchev–Trinajstić information content (AvgIpc) is 2.98. The highest BCUT2D eigenvalue weighted by Gasteiger charge is 2.36. The lowest BCUT2D eigenvalue weighted by Crippen LogP contribution is -2.29. The summed E-state index contributed by atoms with van der Waals surface area (Å²) in [6.07, 6.45) is 2.85. The predicted molar refractivity (Wildman–Crippen MR) is 58.2 cm³/mol. The summed E-state index contributed by atoms with van der Waals surface area (Å²) in [5.74, 6) is -0.643. The Kier molecular flexibility index (Phi) is 2.42. The van der Waals surface area contributed by atoms with Crippen LogP contribution in [0.4, 0.5) is 0 Å². The third kappa shape index (κ3) is 1.59. The van der Waals surface area contributed by atoms with Gasteiger partial charge in [0.1, 0.15) is 6.26 Å². The molecule has 0 unspecified atom stereocenters. The van der Waals surface area contributed by atoms with Crippen molar-refractivity contribution < 1.29 is 18.8 Å². The molecule has 1 aliphatic rings. The van der Waals surface area contributed by atoms with Gasteiger partial charge in [-0.15, -0.1) is 5.06 Å². The van der Waals surface area contributed by atoms with E-state index in [1.807, 2.05) is 0 Å². The number of rotatable bonds is 3. The van der Waals surface area contributed by atoms with Crippen molar-refractivity contribution in [3.8, 4) is 0 Å². The minimum Gasteiger partial charge on any atom is -0.446 e. The number of amides is 2. The lowest BCUT2D eigenvalue weighted by atomic mass is 10.1. The quantitative estimate of drug-likeness (QED) is 0.763. The Bertz CT molecular complexity index is 571. The molecule has 0 radical (unpaired) electrons. The molecule has 0 aliphatic carbocycles. The Morgan fingerprint density at radius 2 is 1.83 bits per heavy atom. The van der Waals surface area contributed by atoms with E-state index in [0.717, 1.165) is 5.06 Å². The monoisotopic (exact) mass is 244 g/mol. The average molecular weight is 244 g/mol. The first-order valence-corrected chi connectivity index (χ1v) is 5.26. The van der Waals surface area contributed by atoms with E-state index in [1.165, 1.54) is 12.5 Å². The maximum Gasteiger partial charge on any atom is 0.285 e. The zero-order chi connectivity index (χ0) is 12.5. The lowest BCUT2D eigenvalue weighted by Gasteiger charge is -2.11. The number of carbonyl (C=O) groups is 2. The van der Waals surface area contributed by atoms with Crippen LogP contribution in [-0.4, -0.2) is 21.9 Å². The molecular weight excluding hydrogens is 236 g/mol. The number of fused-ring (bicyclic) bond motifs is 1. The zero-order valence-electron chi connectivity index (χ0n) is 9.20. The summed E-state index contributed by atoms with van der Waals surface area (Å²) in [4.78, 5) is 32.8. The largest absolute Gasteiger partial charge is 0.446 e. The van der Waals surface area contributed by atoms with E-state index in [-0.39, 0.29) is 6.61 Å². The van der Waals surface area contributed by atoms with Gasteiger partial charge in [0.05, 0.1) is 17.3 Å². The molecule has 0 atom stereocenters. The van der Waals surface area contributed by atoms with E-state index in [9.17, 15) is 9.59 Å². The maximum absolute atomic E-state index is 11.9. The van der Waals surface area contributed by atoms with Crippen LogP contribution in [0.25, 0.3) is 0 Å². The third-order valence-electron chi connectivity index (χ3n) is 2.56. The van der Waals surface area contributed by atoms with Crippen LogP contribution >= 0.6 is 0 Å². The first-order valence-electron chi connectivity index (χ1n) is 5.26. The Morgan fingerprint density at radius 3 is 2.39 bits per heavy atom. The van der Waals surface area contributed by atoms with E-state index in [2.05, 4.69) is 4.98 Å². The molecule has 2 amide bonds. The molecule has 2 heterocycles. The summed E-state index contributed by atoms with van der Waals surface area (Å²) in [7, 11) is 0. The minimum absolute atomic E-state index is 0.0710. The summed E-state index contributed by atoms with van der Waals surface area (Å²) in [6, 6.07) is 6.57. The second-order valence-electron chi connectivity index (χ2n) is 3.65. The Labute approximate surface area is 102 Å². The molecular formula is C12H8N2O4. The molecule has 6 heteroatoms. The Hall–Kier alpha value is -2.47. The number of hydrogen-bond donors (Lipinski definition) is 0. The number of imide groups is 1. The summed E-state index contributed by atoms with van der Waals surface area (Å²) in [5, 5.41) is 0.731. The molecule has 0 bridgehead atoms. The molecule has 18 heavy (non-hydrogen) atoms. The zero-order valence-corrected chi connectivity index (χ0v) is 9.20. The third-order valence-corrected chi connectivity index (χ3v) is 2.56. The smallest absolute Gasteiger partial charge is 0.285 e. The molecule has 0 saturated carbocycles. The Balaban J connectivity index is 1.80. The SMILES string of the molecule is O=C1c2ccccc2C(=O)N1OCc1ncco1. The van der Waals surface area contributed by atoms with Crippen molar-refractivity contribution in [3.63, 3.8) is 0 Å². The van der Waals surface area contributed by atoms with E-state index >= 15 is 0 Å². The van der Waals surface area contributed by atoms with Crippen LogP contribution in [0.1, 0.15) is 26.6 Å². The van der Waals surface area contributed by atoms with Gasteiger partial charge in [0.2, 0.25) is 5.89 Å². The first kappa shape index (κ1) is 10.7. The summed E-state index contributed by atoms with van der Waals surface area (Å²) in [5.41, 5.74) is 0.685. The van der Waals surface area contributed by atoms with Crippen molar-refractivity contribution in [1.29, 1.82) is 0 Å². The summed E-state index contributed by atoms with van der Waals surface area (Å²) in [6.45, 7) is -0.0710. The standard InChI is InChI=1S/C12H8N2O4/c15-11-8-3-1-2-4-9(8)12(16)14(11)18-7-10-13-5-6-17-10/h1-6H,7H2. The van der Waals surface area contributed by atoms with Crippen LogP contribution in [0.2, 0.25) is 0 Å². The van der Waals surface area contributed by atoms with Gasteiger partial charge in [-0.05, 0) is 12.1 Å². The summed E-state index contributed by atoms with van der Waals surface area (Å²) < 4.78 is 4.96. The molecule has 0 saturated heterocycles. The second kappa shape index (κ2) is 4.08. The lowest BCUT2D eigenvalue weighted by molar-refractivity contribution is -0.106. The molecule has 0 fully saturated rings. The van der Waals surface area contributed by atoms with Crippen LogP contribution < -0.4 is 0 Å². The molecule has 6 nitrogen and oxygen atoms in total. The fourth-order valence-electron chi connectivity index (χ4n) is 1.73. The molecule has 1 aromatic carbocycles. The summed E-state index contributed by atoms with van der Waals surface area (Å²) >= 11 is 0. The van der Waals surface area contributed by atoms with Gasteiger partial charge in [-0.3, -0.25) is 14.4 Å². The van der Waals surface area contributed by atoms with Crippen LogP contribution in [0.15, 0.2) is 41.1 Å². The van der Waals surface area contributed by atoms with Gasteiger partial charge in [0, 0.05) is 0 Å². The molecule has 2 aromatic rings. The highest BCUT2D eigenvalue weighted by atomic mass is 16.7. The minimum atomic E-state index is -0.470. The second-order valence-corrected chi connectivity index (χ2v) is 3.65. The van der Waals surface area contributed by atoms with E-state index in [1.54, 1.807) is 24.3 Å². The van der Waals surface area contributed by atoms with Crippen molar-refractivity contribution in [2.75, 3.05) is 0 Å². The molecule has 0 spiro atoms. The van der Waals surface area contributed by atoms with Crippen LogP contribution in [0, 0.1) is 0 Å². The van der Waals surface area contributed by atoms with Crippen molar-refractivity contribution in [2.24, 2.45) is 0 Å². The number of hydroxylamine groups is 2. The highest BCUT2D eigenvalue weighted by Crippen LogP contribution is 2.22. The van der Waals surface area contributed by atoms with Crippen molar-refractivity contribution in [3.05, 3.63) is 53.7 Å². The van der Waals surface area contributed by atoms with Crippen molar-refractivity contribution >= 4 is 11.8 Å². The number of aromatic nitrogens is 1. The number of benzene rings is 1. The number of oxazole rings is 1. The van der Waals surface area contributed by atoms with Crippen molar-refractivity contribution in [2.45, 2.75) is 6.61 Å². The highest BCUT2D eigenvalue weighted by molar-refractivity contribution is 6.20. The maximum atomic E-state index is 11.9. The van der Waals surface area contributed by atoms with Crippen LogP contribution in [0.5, 0.6) is 0 Å². The topological polar surface area (TPSA) is 72.6 Å². The van der Waals surface area contributed by atoms with Gasteiger partial charge in [0.15, 0.2) is 6.61 Å². The van der Waals surface area contributed by atoms with Gasteiger partial charge in [-0.2, -0.15) is 0 Å². The number of carbonyl (C=O) groups excluding carboxylic acids is 2. The molecule has 90 valence electrons. The van der Waals surface area contributed by atoms with Crippen LogP contribution in [-0.2, 0) is 11.4 Å². The van der Waals surface area contributed by atoms with Gasteiger partial charge in [-0.1, -0.05) is 12.1 Å². The van der Waals surface area contributed by atoms with E-state index < -0.39 is 11.8 Å². The first-order chi connectivity index (χ1) is 8.77.